The highest BCUT2D eigenvalue weighted by molar-refractivity contribution is 8.18. The first-order valence-electron chi connectivity index (χ1n) is 8.73. The lowest BCUT2D eigenvalue weighted by Gasteiger charge is -2.13. The van der Waals surface area contributed by atoms with Gasteiger partial charge in [-0.05, 0) is 53.2 Å². The Morgan fingerprint density at radius 1 is 1.27 bits per heavy atom. The predicted molar refractivity (Wildman–Crippen MR) is 113 cm³/mol. The molecule has 4 rings (SSSR count). The van der Waals surface area contributed by atoms with Crippen LogP contribution >= 0.6 is 23.4 Å². The van der Waals surface area contributed by atoms with Gasteiger partial charge in [-0.25, -0.2) is 0 Å². The Labute approximate surface area is 178 Å². The fraction of sp³-hybridized carbons (Fsp3) is 0.150. The average molecular weight is 451 g/mol. The SMILES string of the molecule is CN=C1NC(=O)S/C1=C\c1ccc2nn(Cc3ccc(Cl)cc3C(F)(F)F)cc2c1. The normalized spacial score (nSPS) is 17.3. The van der Waals surface area contributed by atoms with Crippen LogP contribution in [-0.2, 0) is 12.7 Å². The lowest BCUT2D eigenvalue weighted by atomic mass is 10.1. The number of aromatic nitrogens is 2. The smallest absolute Gasteiger partial charge is 0.300 e. The minimum absolute atomic E-state index is 0.0297. The van der Waals surface area contributed by atoms with E-state index in [1.54, 1.807) is 19.3 Å². The fourth-order valence-corrected chi connectivity index (χ4v) is 4.09. The maximum Gasteiger partial charge on any atom is 0.416 e. The first-order chi connectivity index (χ1) is 14.2. The van der Waals surface area contributed by atoms with Gasteiger partial charge in [0, 0.05) is 23.7 Å². The number of hydrogen-bond acceptors (Lipinski definition) is 4. The number of thioether (sulfide) groups is 1. The summed E-state index contributed by atoms with van der Waals surface area (Å²) >= 11 is 6.80. The topological polar surface area (TPSA) is 59.3 Å². The van der Waals surface area contributed by atoms with E-state index < -0.39 is 11.7 Å². The second-order valence-electron chi connectivity index (χ2n) is 6.54. The summed E-state index contributed by atoms with van der Waals surface area (Å²) in [4.78, 5) is 16.3. The number of benzene rings is 2. The second-order valence-corrected chi connectivity index (χ2v) is 7.99. The molecule has 1 N–H and O–H groups in total. The number of halogens is 4. The van der Waals surface area contributed by atoms with E-state index in [9.17, 15) is 18.0 Å². The van der Waals surface area contributed by atoms with Crippen molar-refractivity contribution in [3.63, 3.8) is 0 Å². The number of amidine groups is 1. The van der Waals surface area contributed by atoms with Gasteiger partial charge in [-0.2, -0.15) is 18.3 Å². The Balaban J connectivity index is 1.65. The second kappa shape index (κ2) is 7.81. The van der Waals surface area contributed by atoms with Crippen molar-refractivity contribution in [2.45, 2.75) is 12.7 Å². The first kappa shape index (κ1) is 20.5. The van der Waals surface area contributed by atoms with Gasteiger partial charge in [0.15, 0.2) is 0 Å². The van der Waals surface area contributed by atoms with Crippen LogP contribution < -0.4 is 5.32 Å². The Morgan fingerprint density at radius 3 is 2.80 bits per heavy atom. The molecule has 0 aliphatic carbocycles. The summed E-state index contributed by atoms with van der Waals surface area (Å²) in [5, 5.41) is 7.62. The Hall–Kier alpha value is -2.78. The third kappa shape index (κ3) is 4.22. The van der Waals surface area contributed by atoms with E-state index in [0.29, 0.717) is 16.3 Å². The molecule has 1 saturated heterocycles. The number of carbonyl (C=O) groups is 1. The summed E-state index contributed by atoms with van der Waals surface area (Å²) < 4.78 is 41.5. The summed E-state index contributed by atoms with van der Waals surface area (Å²) in [7, 11) is 1.59. The van der Waals surface area contributed by atoms with Gasteiger partial charge in [-0.3, -0.25) is 14.5 Å². The van der Waals surface area contributed by atoms with Crippen molar-refractivity contribution in [3.05, 3.63) is 69.2 Å². The number of aliphatic imine (C=N–C) groups is 1. The van der Waals surface area contributed by atoms with Gasteiger partial charge in [0.2, 0.25) is 0 Å². The number of nitrogens with zero attached hydrogens (tertiary/aromatic N) is 3. The Morgan fingerprint density at radius 2 is 2.07 bits per heavy atom. The fourth-order valence-electron chi connectivity index (χ4n) is 3.14. The molecule has 2 heterocycles. The van der Waals surface area contributed by atoms with Crippen molar-refractivity contribution < 1.29 is 18.0 Å². The lowest BCUT2D eigenvalue weighted by Crippen LogP contribution is -2.18. The number of fused-ring (bicyclic) bond motifs is 1. The highest BCUT2D eigenvalue weighted by atomic mass is 35.5. The minimum atomic E-state index is -4.50. The van der Waals surface area contributed by atoms with Crippen LogP contribution in [0.15, 0.2) is 52.5 Å². The number of alkyl halides is 3. The van der Waals surface area contributed by atoms with E-state index >= 15 is 0 Å². The summed E-state index contributed by atoms with van der Waals surface area (Å²) in [6.45, 7) is -0.0436. The van der Waals surface area contributed by atoms with Gasteiger partial charge in [-0.15, -0.1) is 0 Å². The number of hydrogen-bond donors (Lipinski definition) is 1. The molecule has 0 radical (unpaired) electrons. The maximum atomic E-state index is 13.3. The molecule has 0 bridgehead atoms. The third-order valence-corrected chi connectivity index (χ3v) is 5.52. The molecule has 0 unspecified atom stereocenters. The summed E-state index contributed by atoms with van der Waals surface area (Å²) in [6, 6.07) is 9.18. The highest BCUT2D eigenvalue weighted by Gasteiger charge is 2.33. The first-order valence-corrected chi connectivity index (χ1v) is 9.93. The molecule has 30 heavy (non-hydrogen) atoms. The van der Waals surface area contributed by atoms with Crippen LogP contribution in [0.2, 0.25) is 5.02 Å². The van der Waals surface area contributed by atoms with E-state index in [-0.39, 0.29) is 22.4 Å². The van der Waals surface area contributed by atoms with Gasteiger partial charge in [0.1, 0.15) is 5.84 Å². The van der Waals surface area contributed by atoms with E-state index in [1.165, 1.54) is 16.8 Å². The van der Waals surface area contributed by atoms with E-state index in [1.807, 2.05) is 18.2 Å². The molecule has 1 aliphatic heterocycles. The summed E-state index contributed by atoms with van der Waals surface area (Å²) in [5.41, 5.74) is 0.779. The van der Waals surface area contributed by atoms with Crippen LogP contribution in [0.5, 0.6) is 0 Å². The lowest BCUT2D eigenvalue weighted by molar-refractivity contribution is -0.138. The van der Waals surface area contributed by atoms with Crippen molar-refractivity contribution in [2.75, 3.05) is 7.05 Å². The molecule has 154 valence electrons. The quantitative estimate of drug-likeness (QED) is 0.566. The number of amides is 1. The monoisotopic (exact) mass is 450 g/mol. The molecule has 1 aromatic heterocycles. The number of rotatable bonds is 3. The number of carbonyl (C=O) groups excluding carboxylic acids is 1. The number of nitrogens with one attached hydrogen (secondary N) is 1. The van der Waals surface area contributed by atoms with Crippen molar-refractivity contribution in [1.82, 2.24) is 15.1 Å². The van der Waals surface area contributed by atoms with Gasteiger partial charge >= 0.3 is 6.18 Å². The van der Waals surface area contributed by atoms with Crippen LogP contribution in [0, 0.1) is 0 Å². The van der Waals surface area contributed by atoms with Crippen molar-refractivity contribution in [2.24, 2.45) is 4.99 Å². The zero-order chi connectivity index (χ0) is 21.5. The molecule has 2 aromatic carbocycles. The average Bonchev–Trinajstić information content (AvgIpc) is 3.24. The molecule has 5 nitrogen and oxygen atoms in total. The van der Waals surface area contributed by atoms with Crippen LogP contribution in [0.4, 0.5) is 18.0 Å². The summed E-state index contributed by atoms with van der Waals surface area (Å²) in [5.74, 6) is 0.503. The molecule has 0 spiro atoms. The standard InChI is InChI=1S/C20H14ClF3N4OS/c1-25-18-17(30-19(29)26-18)7-11-2-5-16-13(6-11)10-28(27-16)9-12-3-4-14(21)8-15(12)20(22,23)24/h2-8,10H,9H2,1H3,(H,25,26,29)/b17-7-. The van der Waals surface area contributed by atoms with Crippen molar-refractivity contribution in [3.8, 4) is 0 Å². The van der Waals surface area contributed by atoms with Crippen molar-refractivity contribution in [1.29, 1.82) is 0 Å². The molecule has 1 fully saturated rings. The van der Waals surface area contributed by atoms with Gasteiger partial charge in [0.05, 0.1) is 22.5 Å². The molecular formula is C20H14ClF3N4OS. The largest absolute Gasteiger partial charge is 0.416 e. The van der Waals surface area contributed by atoms with Gasteiger partial charge in [0.25, 0.3) is 5.24 Å². The molecule has 0 saturated carbocycles. The van der Waals surface area contributed by atoms with E-state index in [0.717, 1.165) is 28.8 Å². The highest BCUT2D eigenvalue weighted by Crippen LogP contribution is 2.34. The van der Waals surface area contributed by atoms with Crippen LogP contribution in [0.3, 0.4) is 0 Å². The Bertz CT molecular complexity index is 1220. The van der Waals surface area contributed by atoms with Crippen LogP contribution in [0.1, 0.15) is 16.7 Å². The van der Waals surface area contributed by atoms with Gasteiger partial charge in [-0.1, -0.05) is 23.7 Å². The van der Waals surface area contributed by atoms with Crippen LogP contribution in [-0.4, -0.2) is 27.9 Å². The molecule has 1 aliphatic rings. The maximum absolute atomic E-state index is 13.3. The molecule has 0 atom stereocenters. The zero-order valence-electron chi connectivity index (χ0n) is 15.5. The van der Waals surface area contributed by atoms with Gasteiger partial charge < -0.3 is 5.32 Å². The molecule has 1 amide bonds. The van der Waals surface area contributed by atoms with Crippen LogP contribution in [0.25, 0.3) is 17.0 Å². The zero-order valence-corrected chi connectivity index (χ0v) is 17.1. The molecule has 3 aromatic rings. The minimum Gasteiger partial charge on any atom is -0.300 e. The predicted octanol–water partition coefficient (Wildman–Crippen LogP) is 5.58. The molecular weight excluding hydrogens is 437 g/mol. The van der Waals surface area contributed by atoms with E-state index in [2.05, 4.69) is 15.4 Å². The summed E-state index contributed by atoms with van der Waals surface area (Å²) in [6.07, 6.45) is -0.996. The van der Waals surface area contributed by atoms with E-state index in [4.69, 9.17) is 11.6 Å². The van der Waals surface area contributed by atoms with Crippen molar-refractivity contribution >= 4 is 51.4 Å². The Kier molecular flexibility index (Phi) is 5.33. The third-order valence-electron chi connectivity index (χ3n) is 4.46. The molecule has 10 heteroatoms.